The summed E-state index contributed by atoms with van der Waals surface area (Å²) in [6.07, 6.45) is 7.98. The van der Waals surface area contributed by atoms with Crippen LogP contribution in [-0.4, -0.2) is 28.1 Å². The van der Waals surface area contributed by atoms with E-state index in [2.05, 4.69) is 24.9 Å². The highest BCUT2D eigenvalue weighted by atomic mass is 35.5. The van der Waals surface area contributed by atoms with Crippen LogP contribution in [0.4, 0.5) is 0 Å². The average Bonchev–Trinajstić information content (AvgIpc) is 2.36. The molecule has 2 heterocycles. The molecule has 0 bridgehead atoms. The number of alkyl halides is 1. The predicted molar refractivity (Wildman–Crippen MR) is 73.5 cm³/mol. The first-order valence-corrected chi connectivity index (χ1v) is 7.64. The lowest BCUT2D eigenvalue weighted by atomic mass is 9.65. The number of carbonyl (C=O) groups is 1. The topological polar surface area (TPSA) is 20.3 Å². The number of ketones is 1. The highest BCUT2D eigenvalue weighted by molar-refractivity contribution is 6.20. The minimum atomic E-state index is 0.291. The van der Waals surface area contributed by atoms with Crippen LogP contribution in [-0.2, 0) is 4.79 Å². The Kier molecular flexibility index (Phi) is 3.17. The van der Waals surface area contributed by atoms with Crippen molar-refractivity contribution in [1.29, 1.82) is 0 Å². The summed E-state index contributed by atoms with van der Waals surface area (Å²) >= 11 is 6.36. The van der Waals surface area contributed by atoms with E-state index in [4.69, 9.17) is 11.6 Å². The lowest BCUT2D eigenvalue weighted by Gasteiger charge is -2.55. The van der Waals surface area contributed by atoms with Crippen molar-refractivity contribution in [1.82, 2.24) is 4.90 Å². The van der Waals surface area contributed by atoms with E-state index >= 15 is 0 Å². The molecule has 3 aliphatic rings. The molecule has 1 aliphatic carbocycles. The van der Waals surface area contributed by atoms with E-state index in [1.807, 2.05) is 0 Å². The SMILES string of the molecule is CC1C(C)C2CC(=O)C=CN2C2CCC(Cl)CC12. The fourth-order valence-electron chi connectivity index (χ4n) is 4.28. The monoisotopic (exact) mass is 267 g/mol. The van der Waals surface area contributed by atoms with Gasteiger partial charge in [-0.3, -0.25) is 4.79 Å². The van der Waals surface area contributed by atoms with E-state index in [1.165, 1.54) is 6.42 Å². The van der Waals surface area contributed by atoms with Gasteiger partial charge in [-0.1, -0.05) is 13.8 Å². The number of fused-ring (bicyclic) bond motifs is 3. The molecule has 18 heavy (non-hydrogen) atoms. The maximum Gasteiger partial charge on any atom is 0.159 e. The Morgan fingerprint density at radius 2 is 2.00 bits per heavy atom. The number of allylic oxidation sites excluding steroid dienone is 1. The van der Waals surface area contributed by atoms with Crippen LogP contribution in [0.2, 0.25) is 0 Å². The lowest BCUT2D eigenvalue weighted by Crippen LogP contribution is -2.58. The second-order valence-electron chi connectivity index (χ2n) is 6.36. The minimum absolute atomic E-state index is 0.291. The Morgan fingerprint density at radius 3 is 2.78 bits per heavy atom. The van der Waals surface area contributed by atoms with Crippen molar-refractivity contribution in [2.45, 2.75) is 57.0 Å². The average molecular weight is 268 g/mol. The number of nitrogens with zero attached hydrogens (tertiary/aromatic N) is 1. The van der Waals surface area contributed by atoms with Gasteiger partial charge in [0.05, 0.1) is 0 Å². The summed E-state index contributed by atoms with van der Waals surface area (Å²) in [7, 11) is 0. The van der Waals surface area contributed by atoms with Gasteiger partial charge >= 0.3 is 0 Å². The molecule has 3 rings (SSSR count). The smallest absolute Gasteiger partial charge is 0.159 e. The molecule has 0 amide bonds. The minimum Gasteiger partial charge on any atom is -0.370 e. The van der Waals surface area contributed by atoms with Crippen LogP contribution >= 0.6 is 11.6 Å². The molecule has 100 valence electrons. The summed E-state index contributed by atoms with van der Waals surface area (Å²) in [6.45, 7) is 4.67. The number of hydrogen-bond acceptors (Lipinski definition) is 2. The Bertz CT molecular complexity index is 381. The van der Waals surface area contributed by atoms with Crippen molar-refractivity contribution in [3.63, 3.8) is 0 Å². The molecule has 1 saturated heterocycles. The fourth-order valence-corrected chi connectivity index (χ4v) is 4.62. The maximum atomic E-state index is 11.6. The fraction of sp³-hybridized carbons (Fsp3) is 0.800. The highest BCUT2D eigenvalue weighted by Gasteiger charge is 2.47. The molecule has 1 saturated carbocycles. The van der Waals surface area contributed by atoms with Crippen molar-refractivity contribution in [2.75, 3.05) is 0 Å². The molecule has 6 unspecified atom stereocenters. The first kappa shape index (κ1) is 12.5. The van der Waals surface area contributed by atoms with E-state index in [0.717, 1.165) is 12.8 Å². The molecule has 3 heteroatoms. The predicted octanol–water partition coefficient (Wildman–Crippen LogP) is 3.21. The summed E-state index contributed by atoms with van der Waals surface area (Å²) in [4.78, 5) is 14.1. The van der Waals surface area contributed by atoms with Gasteiger partial charge in [0, 0.05) is 30.1 Å². The first-order valence-electron chi connectivity index (χ1n) is 7.20. The van der Waals surface area contributed by atoms with Crippen LogP contribution in [0.15, 0.2) is 12.3 Å². The zero-order valence-corrected chi connectivity index (χ0v) is 11.9. The van der Waals surface area contributed by atoms with Crippen LogP contribution in [0.3, 0.4) is 0 Å². The molecule has 2 aliphatic heterocycles. The van der Waals surface area contributed by atoms with Crippen molar-refractivity contribution < 1.29 is 4.79 Å². The molecule has 0 N–H and O–H groups in total. The van der Waals surface area contributed by atoms with Crippen molar-refractivity contribution in [2.24, 2.45) is 17.8 Å². The van der Waals surface area contributed by atoms with Gasteiger partial charge in [0.15, 0.2) is 5.78 Å². The molecule has 0 aromatic carbocycles. The van der Waals surface area contributed by atoms with Gasteiger partial charge in [-0.25, -0.2) is 0 Å². The second-order valence-corrected chi connectivity index (χ2v) is 6.98. The summed E-state index contributed by atoms with van der Waals surface area (Å²) in [5.41, 5.74) is 0. The van der Waals surface area contributed by atoms with E-state index in [-0.39, 0.29) is 0 Å². The summed E-state index contributed by atoms with van der Waals surface area (Å²) in [5.74, 6) is 2.25. The Hall–Kier alpha value is -0.500. The van der Waals surface area contributed by atoms with E-state index in [0.29, 0.717) is 47.4 Å². The van der Waals surface area contributed by atoms with E-state index in [9.17, 15) is 4.79 Å². The third-order valence-corrected chi connectivity index (χ3v) is 5.91. The van der Waals surface area contributed by atoms with Gasteiger partial charge in [-0.05, 0) is 43.1 Å². The Labute approximate surface area is 114 Å². The zero-order chi connectivity index (χ0) is 12.9. The molecule has 0 spiro atoms. The van der Waals surface area contributed by atoms with Crippen LogP contribution in [0.5, 0.6) is 0 Å². The largest absolute Gasteiger partial charge is 0.370 e. The van der Waals surface area contributed by atoms with Gasteiger partial charge in [0.25, 0.3) is 0 Å². The van der Waals surface area contributed by atoms with Crippen LogP contribution in [0, 0.1) is 17.8 Å². The molecule has 2 nitrogen and oxygen atoms in total. The molecule has 6 atom stereocenters. The van der Waals surface area contributed by atoms with Gasteiger partial charge in [0.1, 0.15) is 0 Å². The van der Waals surface area contributed by atoms with Gasteiger partial charge < -0.3 is 4.90 Å². The Balaban J connectivity index is 1.90. The number of hydrogen-bond donors (Lipinski definition) is 0. The highest BCUT2D eigenvalue weighted by Crippen LogP contribution is 2.46. The number of carbonyl (C=O) groups excluding carboxylic acids is 1. The second kappa shape index (κ2) is 4.56. The number of halogens is 1. The molecular formula is C15H22ClNO. The third kappa shape index (κ3) is 1.89. The molecule has 0 radical (unpaired) electrons. The molecule has 0 aromatic heterocycles. The summed E-state index contributed by atoms with van der Waals surface area (Å²) in [6, 6.07) is 1.03. The van der Waals surface area contributed by atoms with E-state index < -0.39 is 0 Å². The number of piperidine rings is 1. The van der Waals surface area contributed by atoms with Gasteiger partial charge in [-0.2, -0.15) is 0 Å². The standard InChI is InChI=1S/C15H22ClNO/c1-9-10(2)15-8-12(18)5-6-17(15)14-4-3-11(16)7-13(9)14/h5-6,9-11,13-15H,3-4,7-8H2,1-2H3. The van der Waals surface area contributed by atoms with Crippen LogP contribution in [0.1, 0.15) is 39.5 Å². The quantitative estimate of drug-likeness (QED) is 0.628. The maximum absolute atomic E-state index is 11.6. The Morgan fingerprint density at radius 1 is 1.22 bits per heavy atom. The number of rotatable bonds is 0. The van der Waals surface area contributed by atoms with Gasteiger partial charge in [-0.15, -0.1) is 11.6 Å². The normalized spacial score (nSPS) is 47.7. The van der Waals surface area contributed by atoms with Crippen molar-refractivity contribution in [3.8, 4) is 0 Å². The van der Waals surface area contributed by atoms with Crippen molar-refractivity contribution in [3.05, 3.63) is 12.3 Å². The lowest BCUT2D eigenvalue weighted by molar-refractivity contribution is -0.120. The van der Waals surface area contributed by atoms with Gasteiger partial charge in [0.2, 0.25) is 0 Å². The summed E-state index contributed by atoms with van der Waals surface area (Å²) in [5, 5.41) is 0.354. The van der Waals surface area contributed by atoms with E-state index in [1.54, 1.807) is 6.08 Å². The summed E-state index contributed by atoms with van der Waals surface area (Å²) < 4.78 is 0. The van der Waals surface area contributed by atoms with Crippen LogP contribution in [0.25, 0.3) is 0 Å². The third-order valence-electron chi connectivity index (χ3n) is 5.52. The molecular weight excluding hydrogens is 246 g/mol. The van der Waals surface area contributed by atoms with Crippen LogP contribution < -0.4 is 0 Å². The first-order chi connectivity index (χ1) is 8.58. The zero-order valence-electron chi connectivity index (χ0n) is 11.2. The molecule has 2 fully saturated rings. The van der Waals surface area contributed by atoms with Crippen molar-refractivity contribution >= 4 is 17.4 Å². The molecule has 0 aromatic rings.